The molecule has 1 heteroatoms. The van der Waals surface area contributed by atoms with E-state index in [1.165, 1.54) is 103 Å². The fourth-order valence-electron chi connectivity index (χ4n) is 5.75. The van der Waals surface area contributed by atoms with E-state index in [9.17, 15) is 0 Å². The molecule has 0 saturated heterocycles. The average Bonchev–Trinajstić information content (AvgIpc) is 2.84. The molecule has 1 aromatic rings. The summed E-state index contributed by atoms with van der Waals surface area (Å²) in [6.07, 6.45) is 24.0. The van der Waals surface area contributed by atoms with E-state index >= 15 is 0 Å². The Hall–Kier alpha value is -0.241. The van der Waals surface area contributed by atoms with E-state index in [-0.39, 0.29) is 0 Å². The van der Waals surface area contributed by atoms with Gasteiger partial charge >= 0.3 is 214 Å². The van der Waals surface area contributed by atoms with Crippen molar-refractivity contribution < 1.29 is 0 Å². The zero-order valence-corrected chi connectivity index (χ0v) is 26.2. The molecule has 190 valence electrons. The van der Waals surface area contributed by atoms with Crippen molar-refractivity contribution >= 4 is 28.0 Å². The third kappa shape index (κ3) is 10.5. The van der Waals surface area contributed by atoms with Gasteiger partial charge in [0.15, 0.2) is 0 Å². The van der Waals surface area contributed by atoms with Gasteiger partial charge in [0, 0.05) is 0 Å². The third-order valence-corrected chi connectivity index (χ3v) is 23.7. The quantitative estimate of drug-likeness (QED) is 0.103. The van der Waals surface area contributed by atoms with Crippen molar-refractivity contribution in [3.05, 3.63) is 35.4 Å². The minimum absolute atomic E-state index is 1.24. The van der Waals surface area contributed by atoms with Crippen LogP contribution in [-0.4, -0.2) is 18.4 Å². The number of rotatable bonds is 21. The van der Waals surface area contributed by atoms with Crippen LogP contribution in [0.5, 0.6) is 0 Å². The Morgan fingerprint density at radius 2 is 1.09 bits per heavy atom. The van der Waals surface area contributed by atoms with Crippen LogP contribution in [0.15, 0.2) is 18.7 Å². The maximum atomic E-state index is 4.37. The van der Waals surface area contributed by atoms with Crippen LogP contribution in [0.25, 0.3) is 6.08 Å². The van der Waals surface area contributed by atoms with Crippen LogP contribution in [0.4, 0.5) is 0 Å². The van der Waals surface area contributed by atoms with Gasteiger partial charge in [-0.15, -0.1) is 0 Å². The first-order valence-electron chi connectivity index (χ1n) is 14.9. The number of aryl methyl sites for hydroxylation is 1. The molecule has 0 fully saturated rings. The monoisotopic (exact) mass is 562 g/mol. The van der Waals surface area contributed by atoms with Crippen molar-refractivity contribution in [2.45, 2.75) is 151 Å². The van der Waals surface area contributed by atoms with Crippen LogP contribution in [0.1, 0.15) is 141 Å². The number of unbranched alkanes of at least 4 members (excludes halogenated alkanes) is 9. The topological polar surface area (TPSA) is 0 Å². The third-order valence-electron chi connectivity index (χ3n) is 7.83. The number of hydrogen-bond donors (Lipinski definition) is 0. The number of benzene rings is 1. The van der Waals surface area contributed by atoms with Crippen LogP contribution >= 0.6 is 0 Å². The van der Waals surface area contributed by atoms with Crippen molar-refractivity contribution in [1.29, 1.82) is 0 Å². The molecule has 0 unspecified atom stereocenters. The zero-order chi connectivity index (χ0) is 24.4. The van der Waals surface area contributed by atoms with E-state index in [0.29, 0.717) is 0 Å². The molecule has 33 heavy (non-hydrogen) atoms. The van der Waals surface area contributed by atoms with Gasteiger partial charge < -0.3 is 0 Å². The van der Waals surface area contributed by atoms with Gasteiger partial charge in [-0.25, -0.2) is 0 Å². The van der Waals surface area contributed by atoms with Crippen molar-refractivity contribution in [2.75, 3.05) is 0 Å². The summed E-state index contributed by atoms with van der Waals surface area (Å²) in [5.74, 6) is 0. The van der Waals surface area contributed by atoms with Crippen LogP contribution < -0.4 is 3.58 Å². The molecule has 0 nitrogen and oxygen atoms in total. The summed E-state index contributed by atoms with van der Waals surface area (Å²) >= 11 is -2.47. The molecule has 0 N–H and O–H groups in total. The van der Waals surface area contributed by atoms with Crippen molar-refractivity contribution in [1.82, 2.24) is 0 Å². The van der Waals surface area contributed by atoms with E-state index in [2.05, 4.69) is 59.4 Å². The molecular weight excluding hydrogens is 503 g/mol. The molecule has 0 aliphatic rings. The molecule has 0 heterocycles. The molecule has 0 atom stereocenters. The van der Waals surface area contributed by atoms with Crippen LogP contribution in [0, 0.1) is 0 Å². The molecular formula is C32H58Sn. The Kier molecular flexibility index (Phi) is 17.7. The summed E-state index contributed by atoms with van der Waals surface area (Å²) in [5, 5.41) is 0. The SMILES string of the molecule is C=Cc1c(CCCCCC)cc[c]([Sn]([CH2]CCC)([CH2]CCC)[CH2]CCC)c1CCCCCC. The van der Waals surface area contributed by atoms with Crippen LogP contribution in [0.3, 0.4) is 0 Å². The normalized spacial score (nSPS) is 11.8. The van der Waals surface area contributed by atoms with Crippen molar-refractivity contribution in [3.63, 3.8) is 0 Å². The predicted octanol–water partition coefficient (Wildman–Crippen LogP) is 10.6. The summed E-state index contributed by atoms with van der Waals surface area (Å²) in [7, 11) is 0. The van der Waals surface area contributed by atoms with E-state index in [4.69, 9.17) is 0 Å². The Balaban J connectivity index is 3.48. The second kappa shape index (κ2) is 19.0. The summed E-state index contributed by atoms with van der Waals surface area (Å²) in [4.78, 5) is 0. The second-order valence-corrected chi connectivity index (χ2v) is 23.7. The van der Waals surface area contributed by atoms with Gasteiger partial charge in [0.05, 0.1) is 0 Å². The van der Waals surface area contributed by atoms with Crippen LogP contribution in [-0.2, 0) is 12.8 Å². The molecule has 0 aromatic heterocycles. The zero-order valence-electron chi connectivity index (χ0n) is 23.4. The first-order chi connectivity index (χ1) is 16.1. The molecule has 0 aliphatic heterocycles. The Bertz CT molecular complexity index is 608. The summed E-state index contributed by atoms with van der Waals surface area (Å²) in [5.41, 5.74) is 4.93. The van der Waals surface area contributed by atoms with Gasteiger partial charge in [-0.1, -0.05) is 0 Å². The molecule has 0 bridgehead atoms. The van der Waals surface area contributed by atoms with Crippen molar-refractivity contribution in [3.8, 4) is 0 Å². The predicted molar refractivity (Wildman–Crippen MR) is 157 cm³/mol. The fourth-order valence-corrected chi connectivity index (χ4v) is 22.8. The van der Waals surface area contributed by atoms with E-state index < -0.39 is 18.4 Å². The Labute approximate surface area is 213 Å². The average molecular weight is 562 g/mol. The molecule has 0 spiro atoms. The van der Waals surface area contributed by atoms with E-state index in [0.717, 1.165) is 0 Å². The second-order valence-electron chi connectivity index (χ2n) is 10.6. The Morgan fingerprint density at radius 1 is 0.606 bits per heavy atom. The minimum atomic E-state index is -2.47. The Morgan fingerprint density at radius 3 is 1.55 bits per heavy atom. The maximum absolute atomic E-state index is 4.37. The van der Waals surface area contributed by atoms with Gasteiger partial charge in [-0.2, -0.15) is 0 Å². The first kappa shape index (κ1) is 30.8. The fraction of sp³-hybridized carbons (Fsp3) is 0.750. The van der Waals surface area contributed by atoms with Gasteiger partial charge in [0.2, 0.25) is 0 Å². The van der Waals surface area contributed by atoms with E-state index in [1.54, 1.807) is 30.0 Å². The molecule has 0 aliphatic carbocycles. The molecule has 1 aromatic carbocycles. The van der Waals surface area contributed by atoms with Gasteiger partial charge in [0.1, 0.15) is 0 Å². The summed E-state index contributed by atoms with van der Waals surface area (Å²) < 4.78 is 6.63. The first-order valence-corrected chi connectivity index (χ1v) is 22.4. The van der Waals surface area contributed by atoms with E-state index in [1.807, 2.05) is 3.58 Å². The summed E-state index contributed by atoms with van der Waals surface area (Å²) in [6.45, 7) is 16.2. The summed E-state index contributed by atoms with van der Waals surface area (Å²) in [6, 6.07) is 5.25. The molecule has 1 rings (SSSR count). The van der Waals surface area contributed by atoms with Crippen LogP contribution in [0.2, 0.25) is 13.3 Å². The molecule has 0 amide bonds. The van der Waals surface area contributed by atoms with Gasteiger partial charge in [-0.05, 0) is 0 Å². The number of hydrogen-bond acceptors (Lipinski definition) is 0. The van der Waals surface area contributed by atoms with Gasteiger partial charge in [0.25, 0.3) is 0 Å². The molecule has 0 radical (unpaired) electrons. The molecule has 0 saturated carbocycles. The standard InChI is InChI=1S/C20H31.3C4H9.Sn/c1-4-7-9-11-14-18-16-13-17-19(20(18)6-3)15-12-10-8-5-2;3*1-3-4-2;/h6,13,16H,3-5,7-12,14-15H2,1-2H3;3*1,3-4H2,2H3;. The van der Waals surface area contributed by atoms with Crippen molar-refractivity contribution in [2.24, 2.45) is 0 Å². The van der Waals surface area contributed by atoms with Gasteiger partial charge in [-0.3, -0.25) is 0 Å².